The summed E-state index contributed by atoms with van der Waals surface area (Å²) in [4.78, 5) is 29.2. The summed E-state index contributed by atoms with van der Waals surface area (Å²) in [5.41, 5.74) is 0.264. The lowest BCUT2D eigenvalue weighted by Crippen LogP contribution is -2.40. The maximum atomic E-state index is 11.9. The van der Waals surface area contributed by atoms with E-state index in [2.05, 4.69) is 10.3 Å². The molecule has 3 amide bonds. The van der Waals surface area contributed by atoms with Gasteiger partial charge in [0.1, 0.15) is 9.88 Å². The first-order chi connectivity index (χ1) is 8.90. The van der Waals surface area contributed by atoms with Crippen LogP contribution in [-0.4, -0.2) is 39.7 Å². The number of nitrogens with zero attached hydrogens (tertiary/aromatic N) is 2. The molecule has 0 aromatic carbocycles. The largest absolute Gasteiger partial charge is 0.325 e. The Morgan fingerprint density at radius 1 is 1.47 bits per heavy atom. The van der Waals surface area contributed by atoms with Crippen LogP contribution in [0.1, 0.15) is 26.0 Å². The van der Waals surface area contributed by atoms with E-state index < -0.39 is 5.54 Å². The van der Waals surface area contributed by atoms with Crippen molar-refractivity contribution in [3.05, 3.63) is 11.1 Å². The second kappa shape index (κ2) is 5.50. The average molecular weight is 299 g/mol. The van der Waals surface area contributed by atoms with Crippen molar-refractivity contribution in [3.8, 4) is 0 Å². The van der Waals surface area contributed by atoms with Crippen molar-refractivity contribution >= 4 is 35.0 Å². The van der Waals surface area contributed by atoms with E-state index in [1.165, 1.54) is 4.90 Å². The number of thioether (sulfide) groups is 1. The van der Waals surface area contributed by atoms with Gasteiger partial charge in [0.25, 0.3) is 5.91 Å². The standard InChI is InChI=1S/C12H17N3O2S2/c1-8-7-19-11(13-8)18-6-4-5-15-9(16)12(2,3)14-10(15)17/h7H,4-6H2,1-3H3,(H,14,17). The molecule has 0 unspecified atom stereocenters. The summed E-state index contributed by atoms with van der Waals surface area (Å²) in [5, 5.41) is 4.69. The molecule has 1 aromatic heterocycles. The Morgan fingerprint density at radius 2 is 2.21 bits per heavy atom. The van der Waals surface area contributed by atoms with Crippen LogP contribution in [0.3, 0.4) is 0 Å². The SMILES string of the molecule is Cc1csc(SCCCN2C(=O)NC(C)(C)C2=O)n1. The van der Waals surface area contributed by atoms with Gasteiger partial charge in [-0.15, -0.1) is 11.3 Å². The molecule has 2 rings (SSSR count). The highest BCUT2D eigenvalue weighted by molar-refractivity contribution is 8.01. The van der Waals surface area contributed by atoms with Crippen molar-refractivity contribution in [2.45, 2.75) is 37.1 Å². The highest BCUT2D eigenvalue weighted by Gasteiger charge is 2.43. The number of nitrogens with one attached hydrogen (secondary N) is 1. The molecule has 1 aromatic rings. The molecule has 1 N–H and O–H groups in total. The Morgan fingerprint density at radius 3 is 2.74 bits per heavy atom. The fourth-order valence-electron chi connectivity index (χ4n) is 1.80. The van der Waals surface area contributed by atoms with Crippen LogP contribution in [0.25, 0.3) is 0 Å². The molecule has 0 spiro atoms. The Kier molecular flexibility index (Phi) is 4.15. The van der Waals surface area contributed by atoms with E-state index in [1.807, 2.05) is 12.3 Å². The number of amides is 3. The maximum Gasteiger partial charge on any atom is 0.325 e. The number of carbonyl (C=O) groups is 2. The zero-order valence-electron chi connectivity index (χ0n) is 11.2. The highest BCUT2D eigenvalue weighted by Crippen LogP contribution is 2.23. The minimum absolute atomic E-state index is 0.146. The summed E-state index contributed by atoms with van der Waals surface area (Å²) in [7, 11) is 0. The van der Waals surface area contributed by atoms with Gasteiger partial charge in [0.05, 0.1) is 0 Å². The van der Waals surface area contributed by atoms with E-state index >= 15 is 0 Å². The first-order valence-electron chi connectivity index (χ1n) is 6.09. The molecule has 1 aliphatic rings. The average Bonchev–Trinajstić information content (AvgIpc) is 2.80. The van der Waals surface area contributed by atoms with Crippen LogP contribution in [0, 0.1) is 6.92 Å². The topological polar surface area (TPSA) is 62.3 Å². The Labute approximate surface area is 120 Å². The minimum atomic E-state index is -0.767. The zero-order valence-corrected chi connectivity index (χ0v) is 12.9. The third-order valence-electron chi connectivity index (χ3n) is 2.79. The summed E-state index contributed by atoms with van der Waals surface area (Å²) in [6.07, 6.45) is 0.776. The van der Waals surface area contributed by atoms with E-state index in [9.17, 15) is 9.59 Å². The van der Waals surface area contributed by atoms with Gasteiger partial charge in [-0.3, -0.25) is 9.69 Å². The molecule has 1 saturated heterocycles. The van der Waals surface area contributed by atoms with Crippen molar-refractivity contribution in [3.63, 3.8) is 0 Å². The second-order valence-electron chi connectivity index (χ2n) is 4.97. The molecule has 1 aliphatic heterocycles. The molecule has 19 heavy (non-hydrogen) atoms. The molecule has 104 valence electrons. The third kappa shape index (κ3) is 3.27. The zero-order chi connectivity index (χ0) is 14.0. The summed E-state index contributed by atoms with van der Waals surface area (Å²) in [5.74, 6) is 0.706. The number of thiazole rings is 1. The molecular weight excluding hydrogens is 282 g/mol. The van der Waals surface area contributed by atoms with Crippen LogP contribution in [0.5, 0.6) is 0 Å². The predicted molar refractivity (Wildman–Crippen MR) is 76.5 cm³/mol. The Bertz CT molecular complexity index is 499. The summed E-state index contributed by atoms with van der Waals surface area (Å²) >= 11 is 3.29. The van der Waals surface area contributed by atoms with Crippen LogP contribution >= 0.6 is 23.1 Å². The smallest absolute Gasteiger partial charge is 0.324 e. The lowest BCUT2D eigenvalue weighted by Gasteiger charge is -2.15. The van der Waals surface area contributed by atoms with Crippen LogP contribution in [0.15, 0.2) is 9.72 Å². The quantitative estimate of drug-likeness (QED) is 0.515. The van der Waals surface area contributed by atoms with E-state index in [1.54, 1.807) is 36.9 Å². The molecule has 0 radical (unpaired) electrons. The lowest BCUT2D eigenvalue weighted by atomic mass is 10.1. The van der Waals surface area contributed by atoms with Gasteiger partial charge in [-0.2, -0.15) is 0 Å². The molecule has 2 heterocycles. The van der Waals surface area contributed by atoms with Crippen molar-refractivity contribution < 1.29 is 9.59 Å². The van der Waals surface area contributed by atoms with Gasteiger partial charge in [-0.1, -0.05) is 11.8 Å². The maximum absolute atomic E-state index is 11.9. The molecule has 0 atom stereocenters. The van der Waals surface area contributed by atoms with E-state index in [4.69, 9.17) is 0 Å². The predicted octanol–water partition coefficient (Wildman–Crippen LogP) is 2.26. The summed E-state index contributed by atoms with van der Waals surface area (Å²) in [6.45, 7) is 5.88. The van der Waals surface area contributed by atoms with Gasteiger partial charge in [0.15, 0.2) is 0 Å². The number of hydrogen-bond acceptors (Lipinski definition) is 5. The van der Waals surface area contributed by atoms with Gasteiger partial charge < -0.3 is 5.32 Å². The van der Waals surface area contributed by atoms with Gasteiger partial charge in [0, 0.05) is 23.4 Å². The van der Waals surface area contributed by atoms with Gasteiger partial charge >= 0.3 is 6.03 Å². The molecule has 7 heteroatoms. The molecule has 1 fully saturated rings. The van der Waals surface area contributed by atoms with Crippen molar-refractivity contribution in [1.82, 2.24) is 15.2 Å². The molecule has 5 nitrogen and oxygen atoms in total. The van der Waals surface area contributed by atoms with E-state index in [-0.39, 0.29) is 11.9 Å². The van der Waals surface area contributed by atoms with Gasteiger partial charge in [0.2, 0.25) is 0 Å². The lowest BCUT2D eigenvalue weighted by molar-refractivity contribution is -0.130. The molecule has 0 bridgehead atoms. The number of aromatic nitrogens is 1. The van der Waals surface area contributed by atoms with Crippen LogP contribution in [0.4, 0.5) is 4.79 Å². The second-order valence-corrected chi connectivity index (χ2v) is 7.17. The normalized spacial score (nSPS) is 17.9. The van der Waals surface area contributed by atoms with E-state index in [0.717, 1.165) is 22.2 Å². The first kappa shape index (κ1) is 14.3. The monoisotopic (exact) mass is 299 g/mol. The van der Waals surface area contributed by atoms with Crippen molar-refractivity contribution in [1.29, 1.82) is 0 Å². The molecular formula is C12H17N3O2S2. The van der Waals surface area contributed by atoms with Crippen molar-refractivity contribution in [2.24, 2.45) is 0 Å². The number of aryl methyl sites for hydroxylation is 1. The van der Waals surface area contributed by atoms with Gasteiger partial charge in [-0.05, 0) is 27.2 Å². The highest BCUT2D eigenvalue weighted by atomic mass is 32.2. The third-order valence-corrected chi connectivity index (χ3v) is 5.02. The molecule has 0 saturated carbocycles. The van der Waals surface area contributed by atoms with Crippen LogP contribution in [0.2, 0.25) is 0 Å². The first-order valence-corrected chi connectivity index (χ1v) is 7.96. The van der Waals surface area contributed by atoms with E-state index in [0.29, 0.717) is 6.54 Å². The van der Waals surface area contributed by atoms with Crippen LogP contribution in [-0.2, 0) is 4.79 Å². The van der Waals surface area contributed by atoms with Crippen LogP contribution < -0.4 is 5.32 Å². The minimum Gasteiger partial charge on any atom is -0.324 e. The number of hydrogen-bond donors (Lipinski definition) is 1. The number of imide groups is 1. The van der Waals surface area contributed by atoms with Crippen molar-refractivity contribution in [2.75, 3.05) is 12.3 Å². The number of urea groups is 1. The summed E-state index contributed by atoms with van der Waals surface area (Å²) < 4.78 is 1.04. The fraction of sp³-hybridized carbons (Fsp3) is 0.583. The number of rotatable bonds is 5. The van der Waals surface area contributed by atoms with Gasteiger partial charge in [-0.25, -0.2) is 9.78 Å². The Balaban J connectivity index is 1.77. The number of carbonyl (C=O) groups excluding carboxylic acids is 2. The summed E-state index contributed by atoms with van der Waals surface area (Å²) in [6, 6.07) is -0.287. The molecule has 0 aliphatic carbocycles. The fourth-order valence-corrected chi connectivity index (χ4v) is 3.65. The Hall–Kier alpha value is -1.08.